The van der Waals surface area contributed by atoms with Gasteiger partial charge in [0, 0.05) is 45.4 Å². The van der Waals surface area contributed by atoms with E-state index in [1.165, 1.54) is 6.07 Å². The van der Waals surface area contributed by atoms with E-state index in [1.807, 2.05) is 24.3 Å². The maximum absolute atomic E-state index is 13.5. The maximum atomic E-state index is 13.5. The Bertz CT molecular complexity index is 1310. The third kappa shape index (κ3) is 9.99. The van der Waals surface area contributed by atoms with Gasteiger partial charge in [0.05, 0.1) is 18.2 Å². The van der Waals surface area contributed by atoms with Crippen LogP contribution < -0.4 is 44.2 Å². The number of aromatic hydroxyl groups is 1. The number of hydrogen-bond donors (Lipinski definition) is 10. The Balaban J connectivity index is 1.87. The highest BCUT2D eigenvalue weighted by Crippen LogP contribution is 2.28. The number of aliphatic hydroxyl groups is 1. The van der Waals surface area contributed by atoms with Crippen LogP contribution in [0, 0.1) is 0 Å². The van der Waals surface area contributed by atoms with Crippen molar-refractivity contribution in [3.8, 4) is 16.9 Å². The number of carbonyl (C=O) groups is 4. The first-order valence-electron chi connectivity index (χ1n) is 14.7. The molecule has 5 atom stereocenters. The lowest BCUT2D eigenvalue weighted by Crippen LogP contribution is -2.57. The highest BCUT2D eigenvalue weighted by molar-refractivity contribution is 5.93. The smallest absolute Gasteiger partial charge is 0.243 e. The van der Waals surface area contributed by atoms with Gasteiger partial charge >= 0.3 is 0 Å². The van der Waals surface area contributed by atoms with Gasteiger partial charge in [0.2, 0.25) is 23.6 Å². The molecule has 1 aliphatic rings. The van der Waals surface area contributed by atoms with Gasteiger partial charge in [0.1, 0.15) is 17.8 Å². The summed E-state index contributed by atoms with van der Waals surface area (Å²) in [6, 6.07) is 8.20. The zero-order valence-electron chi connectivity index (χ0n) is 24.6. The molecule has 0 unspecified atom stereocenters. The number of fused-ring (bicyclic) bond motifs is 5. The van der Waals surface area contributed by atoms with Gasteiger partial charge < -0.3 is 54.4 Å². The molecule has 14 N–H and O–H groups in total. The highest BCUT2D eigenvalue weighted by Gasteiger charge is 2.30. The van der Waals surface area contributed by atoms with Crippen molar-refractivity contribution in [2.45, 2.75) is 62.4 Å². The quantitative estimate of drug-likeness (QED) is 0.119. The first-order chi connectivity index (χ1) is 21.0. The van der Waals surface area contributed by atoms with Crippen molar-refractivity contribution in [1.29, 1.82) is 0 Å². The number of phenols is 1. The summed E-state index contributed by atoms with van der Waals surface area (Å²) in [6.07, 6.45) is -0.508. The lowest BCUT2D eigenvalue weighted by Gasteiger charge is -2.25. The van der Waals surface area contributed by atoms with Gasteiger partial charge in [0.15, 0.2) is 0 Å². The Morgan fingerprint density at radius 1 is 0.977 bits per heavy atom. The van der Waals surface area contributed by atoms with E-state index < -0.39 is 48.0 Å². The molecule has 0 spiro atoms. The van der Waals surface area contributed by atoms with Crippen LogP contribution in [0.3, 0.4) is 0 Å². The van der Waals surface area contributed by atoms with E-state index in [0.717, 1.165) is 16.7 Å². The summed E-state index contributed by atoms with van der Waals surface area (Å²) < 4.78 is 0. The topological polar surface area (TPSA) is 261 Å². The molecule has 240 valence electrons. The molecule has 14 nitrogen and oxygen atoms in total. The largest absolute Gasteiger partial charge is 0.508 e. The molecular formula is C30H44N8O6. The Morgan fingerprint density at radius 3 is 2.45 bits per heavy atom. The fraction of sp³-hybridized carbons (Fsp3) is 0.467. The maximum Gasteiger partial charge on any atom is 0.243 e. The molecule has 1 heterocycles. The van der Waals surface area contributed by atoms with Crippen LogP contribution in [-0.2, 0) is 32.0 Å². The van der Waals surface area contributed by atoms with Crippen molar-refractivity contribution < 1.29 is 29.4 Å². The summed E-state index contributed by atoms with van der Waals surface area (Å²) in [5.41, 5.74) is 25.8. The van der Waals surface area contributed by atoms with Crippen LogP contribution >= 0.6 is 0 Å². The highest BCUT2D eigenvalue weighted by atomic mass is 16.3. The number of aliphatic hydroxyl groups excluding tert-OH is 1. The molecule has 3 rings (SSSR count). The van der Waals surface area contributed by atoms with E-state index in [-0.39, 0.29) is 44.0 Å². The van der Waals surface area contributed by atoms with Crippen LogP contribution in [0.4, 0.5) is 0 Å². The fourth-order valence-electron chi connectivity index (χ4n) is 4.85. The second-order valence-corrected chi connectivity index (χ2v) is 10.9. The average Bonchev–Trinajstić information content (AvgIpc) is 3.01. The lowest BCUT2D eigenvalue weighted by molar-refractivity contribution is -0.133. The summed E-state index contributed by atoms with van der Waals surface area (Å²) in [6.45, 7) is 0.647. The number of nitrogens with one attached hydrogen (secondary N) is 4. The second-order valence-electron chi connectivity index (χ2n) is 10.9. The van der Waals surface area contributed by atoms with Gasteiger partial charge in [-0.05, 0) is 47.2 Å². The number of amides is 4. The van der Waals surface area contributed by atoms with Crippen molar-refractivity contribution in [2.75, 3.05) is 26.2 Å². The van der Waals surface area contributed by atoms with Crippen LogP contribution in [0.2, 0.25) is 0 Å². The molecule has 4 amide bonds. The molecule has 14 heteroatoms. The molecule has 0 fully saturated rings. The minimum Gasteiger partial charge on any atom is -0.508 e. The minimum absolute atomic E-state index is 0.0116. The van der Waals surface area contributed by atoms with E-state index in [0.29, 0.717) is 31.5 Å². The zero-order valence-corrected chi connectivity index (χ0v) is 24.6. The van der Waals surface area contributed by atoms with E-state index in [4.69, 9.17) is 22.9 Å². The number of nitrogens with two attached hydrogens (primary N) is 4. The van der Waals surface area contributed by atoms with Crippen LogP contribution in [0.25, 0.3) is 11.1 Å². The SMILES string of the molecule is NCCNC(=O)[C@@H](N)CCCNC(=O)[C@@H]1Cc2cccc(c2)-c2ccc(O)c(c2)C[C@H](N)C(=O)N[C@@H](C[C@@H](O)CN)C(=O)N1. The molecule has 1 aliphatic heterocycles. The van der Waals surface area contributed by atoms with Gasteiger partial charge in [-0.1, -0.05) is 30.3 Å². The molecule has 4 bridgehead atoms. The first-order valence-corrected chi connectivity index (χ1v) is 14.7. The fourth-order valence-corrected chi connectivity index (χ4v) is 4.85. The predicted octanol–water partition coefficient (Wildman–Crippen LogP) is -2.54. The number of rotatable bonds is 11. The Kier molecular flexibility index (Phi) is 13.0. The van der Waals surface area contributed by atoms with E-state index >= 15 is 0 Å². The molecule has 0 saturated carbocycles. The Morgan fingerprint density at radius 2 is 1.73 bits per heavy atom. The van der Waals surface area contributed by atoms with Crippen molar-refractivity contribution in [3.63, 3.8) is 0 Å². The number of phenolic OH excluding ortho intramolecular Hbond substituents is 1. The van der Waals surface area contributed by atoms with Crippen molar-refractivity contribution >= 4 is 23.6 Å². The minimum atomic E-state index is -1.25. The third-order valence-electron chi connectivity index (χ3n) is 7.37. The van der Waals surface area contributed by atoms with Gasteiger partial charge in [-0.3, -0.25) is 19.2 Å². The summed E-state index contributed by atoms with van der Waals surface area (Å²) in [5.74, 6) is -2.22. The summed E-state index contributed by atoms with van der Waals surface area (Å²) in [4.78, 5) is 51.9. The molecule has 0 aromatic heterocycles. The summed E-state index contributed by atoms with van der Waals surface area (Å²) >= 11 is 0. The predicted molar refractivity (Wildman–Crippen MR) is 165 cm³/mol. The summed E-state index contributed by atoms with van der Waals surface area (Å²) in [7, 11) is 0. The van der Waals surface area contributed by atoms with Crippen LogP contribution in [-0.4, -0.2) is 90.3 Å². The summed E-state index contributed by atoms with van der Waals surface area (Å²) in [5, 5.41) is 31.4. The Hall–Kier alpha value is -4.08. The molecular weight excluding hydrogens is 568 g/mol. The second kappa shape index (κ2) is 16.7. The van der Waals surface area contributed by atoms with Crippen LogP contribution in [0.15, 0.2) is 42.5 Å². The van der Waals surface area contributed by atoms with Crippen LogP contribution in [0.1, 0.15) is 30.4 Å². The normalized spacial score (nSPS) is 20.2. The van der Waals surface area contributed by atoms with Crippen molar-refractivity contribution in [3.05, 3.63) is 53.6 Å². The zero-order chi connectivity index (χ0) is 32.2. The lowest BCUT2D eigenvalue weighted by atomic mass is 9.96. The Labute approximate surface area is 256 Å². The van der Waals surface area contributed by atoms with Gasteiger partial charge in [-0.2, -0.15) is 0 Å². The molecule has 0 saturated heterocycles. The standard InChI is InChI=1S/C30H44N8O6/c31-8-10-36-27(41)22(33)5-2-9-35-29(43)24-12-17-3-1-4-18(11-17)19-6-7-26(40)20(13-19)14-23(34)28(42)37-25(30(44)38-24)15-21(39)16-32/h1,3-4,6-7,11,13,21-25,39-40H,2,5,8-10,12,14-16,31-34H2,(H,35,43)(H,36,41)(H,37,42)(H,38,44)/t21-,22+,23+,24+,25+/m1/s1. The third-order valence-corrected chi connectivity index (χ3v) is 7.37. The van der Waals surface area contributed by atoms with Crippen molar-refractivity contribution in [1.82, 2.24) is 21.3 Å². The van der Waals surface area contributed by atoms with Crippen LogP contribution in [0.5, 0.6) is 5.75 Å². The molecule has 0 aliphatic carbocycles. The van der Waals surface area contributed by atoms with Gasteiger partial charge in [0.25, 0.3) is 0 Å². The monoisotopic (exact) mass is 612 g/mol. The number of hydrogen-bond acceptors (Lipinski definition) is 10. The van der Waals surface area contributed by atoms with Crippen molar-refractivity contribution in [2.24, 2.45) is 22.9 Å². The molecule has 2 aromatic rings. The average molecular weight is 613 g/mol. The van der Waals surface area contributed by atoms with Gasteiger partial charge in [-0.25, -0.2) is 0 Å². The number of benzene rings is 2. The first kappa shape index (κ1) is 34.4. The van der Waals surface area contributed by atoms with E-state index in [1.54, 1.807) is 12.1 Å². The van der Waals surface area contributed by atoms with E-state index in [2.05, 4.69) is 21.3 Å². The molecule has 44 heavy (non-hydrogen) atoms. The molecule has 0 radical (unpaired) electrons. The van der Waals surface area contributed by atoms with Gasteiger partial charge in [-0.15, -0.1) is 0 Å². The molecule has 2 aromatic carbocycles. The van der Waals surface area contributed by atoms with E-state index in [9.17, 15) is 29.4 Å². The number of carbonyl (C=O) groups excluding carboxylic acids is 4.